The molecule has 2 atom stereocenters. The number of ether oxygens (including phenoxy) is 1. The third kappa shape index (κ3) is 79.0. The molecule has 0 saturated heterocycles. The minimum atomic E-state index is -0.843. The molecule has 0 aromatic carbocycles. The highest BCUT2D eigenvalue weighted by molar-refractivity contribution is 5.76. The number of hydrogen-bond donors (Lipinski definition) is 3. The molecule has 0 aromatic heterocycles. The average molecular weight is 1310 g/mol. The van der Waals surface area contributed by atoms with Crippen LogP contribution >= 0.6 is 0 Å². The Morgan fingerprint density at radius 3 is 0.763 bits per heavy atom. The van der Waals surface area contributed by atoms with E-state index in [1.165, 1.54) is 417 Å². The van der Waals surface area contributed by atoms with Gasteiger partial charge in [0.15, 0.2) is 0 Å². The number of unbranched alkanes of at least 4 members (excludes halogenated alkanes) is 66. The van der Waals surface area contributed by atoms with Crippen molar-refractivity contribution in [2.45, 2.75) is 495 Å². The molecule has 0 radical (unpaired) electrons. The first-order valence-electron chi connectivity index (χ1n) is 42.8. The van der Waals surface area contributed by atoms with Crippen molar-refractivity contribution in [1.29, 1.82) is 0 Å². The van der Waals surface area contributed by atoms with Crippen molar-refractivity contribution in [3.05, 3.63) is 36.5 Å². The molecule has 0 fully saturated rings. The van der Waals surface area contributed by atoms with Crippen LogP contribution in [0.15, 0.2) is 36.5 Å². The van der Waals surface area contributed by atoms with Gasteiger partial charge in [-0.1, -0.05) is 423 Å². The van der Waals surface area contributed by atoms with Crippen molar-refractivity contribution in [3.63, 3.8) is 0 Å². The average Bonchev–Trinajstić information content (AvgIpc) is 3.78. The van der Waals surface area contributed by atoms with Crippen molar-refractivity contribution in [1.82, 2.24) is 5.32 Å². The van der Waals surface area contributed by atoms with Gasteiger partial charge >= 0.3 is 5.97 Å². The van der Waals surface area contributed by atoms with Crippen LogP contribution in [0.1, 0.15) is 483 Å². The lowest BCUT2D eigenvalue weighted by molar-refractivity contribution is -0.143. The van der Waals surface area contributed by atoms with Crippen LogP contribution in [0.25, 0.3) is 0 Å². The lowest BCUT2D eigenvalue weighted by Crippen LogP contribution is -2.45. The van der Waals surface area contributed by atoms with E-state index >= 15 is 0 Å². The number of nitrogens with one attached hydrogen (secondary N) is 1. The van der Waals surface area contributed by atoms with Gasteiger partial charge in [0, 0.05) is 12.8 Å². The van der Waals surface area contributed by atoms with Crippen LogP contribution in [-0.4, -0.2) is 47.4 Å². The topological polar surface area (TPSA) is 95.9 Å². The van der Waals surface area contributed by atoms with Crippen molar-refractivity contribution in [2.75, 3.05) is 13.2 Å². The summed E-state index contributed by atoms with van der Waals surface area (Å²) in [6, 6.07) is -0.626. The van der Waals surface area contributed by atoms with E-state index in [0.717, 1.165) is 38.5 Å². The van der Waals surface area contributed by atoms with Crippen LogP contribution < -0.4 is 5.32 Å². The highest BCUT2D eigenvalue weighted by atomic mass is 16.5. The fraction of sp³-hybridized carbons (Fsp3) is 0.908. The molecule has 550 valence electrons. The van der Waals surface area contributed by atoms with E-state index in [2.05, 4.69) is 43.5 Å². The van der Waals surface area contributed by atoms with Gasteiger partial charge < -0.3 is 20.3 Å². The Hall–Kier alpha value is -1.92. The number of amides is 1. The molecule has 0 bridgehead atoms. The molecule has 2 unspecified atom stereocenters. The fourth-order valence-corrected chi connectivity index (χ4v) is 13.6. The Kier molecular flexibility index (Phi) is 80.8. The molecule has 6 heteroatoms. The van der Waals surface area contributed by atoms with Gasteiger partial charge in [-0.15, -0.1) is 0 Å². The van der Waals surface area contributed by atoms with Gasteiger partial charge in [0.1, 0.15) is 0 Å². The van der Waals surface area contributed by atoms with Crippen molar-refractivity contribution >= 4 is 11.9 Å². The molecular weight excluding hydrogens is 1140 g/mol. The SMILES string of the molecule is CCCCCCCCC/C=C\CCCCCCCCCC(=O)OCCCCCCCCCCCCCCCCCC/C=C\CCCCCCCCCCCCCCCCCCCC(=O)NC(CO)C(O)/C=C/CCCCCCCCCCCCCCCCCCCCC. The van der Waals surface area contributed by atoms with Crippen molar-refractivity contribution in [3.8, 4) is 0 Å². The zero-order valence-electron chi connectivity index (χ0n) is 63.3. The number of allylic oxidation sites excluding steroid dienone is 5. The molecule has 6 nitrogen and oxygen atoms in total. The smallest absolute Gasteiger partial charge is 0.305 e. The molecule has 1 amide bonds. The first-order valence-corrected chi connectivity index (χ1v) is 42.8. The monoisotopic (exact) mass is 1310 g/mol. The van der Waals surface area contributed by atoms with E-state index in [0.29, 0.717) is 19.4 Å². The summed E-state index contributed by atoms with van der Waals surface area (Å²) in [5.74, 6) is -0.0398. The van der Waals surface area contributed by atoms with Crippen LogP contribution in [0.4, 0.5) is 0 Å². The molecule has 0 aromatic rings. The summed E-state index contributed by atoms with van der Waals surface area (Å²) in [5.41, 5.74) is 0. The van der Waals surface area contributed by atoms with Gasteiger partial charge in [-0.2, -0.15) is 0 Å². The normalized spacial score (nSPS) is 12.6. The Morgan fingerprint density at radius 2 is 0.505 bits per heavy atom. The standard InChI is InChI=1S/C87H167NO5/c1-3-5-7-9-11-13-15-17-19-21-23-41-44-47-51-55-59-63-67-71-75-79-85(90)84(83-89)88-86(91)80-76-72-68-64-60-56-52-48-45-42-39-37-35-33-31-29-27-25-24-26-28-30-32-34-36-38-40-43-46-50-54-58-62-66-70-74-78-82-93-87(92)81-77-73-69-65-61-57-53-49-22-20-18-16-14-12-10-8-6-4-2/h20,22,24,26,75,79,84-85,89-90H,3-19,21,23,25,27-74,76-78,80-83H2,1-2H3,(H,88,91)/b22-20-,26-24-,79-75+. The minimum Gasteiger partial charge on any atom is -0.466 e. The molecule has 93 heavy (non-hydrogen) atoms. The summed E-state index contributed by atoms with van der Waals surface area (Å²) in [5, 5.41) is 23.3. The molecule has 0 rings (SSSR count). The summed E-state index contributed by atoms with van der Waals surface area (Å²) < 4.78 is 5.52. The van der Waals surface area contributed by atoms with Gasteiger partial charge in [-0.25, -0.2) is 0 Å². The van der Waals surface area contributed by atoms with Gasteiger partial charge in [0.05, 0.1) is 25.4 Å². The van der Waals surface area contributed by atoms with Gasteiger partial charge in [0.25, 0.3) is 0 Å². The first-order chi connectivity index (χ1) is 46.0. The molecule has 0 heterocycles. The molecule has 3 N–H and O–H groups in total. The van der Waals surface area contributed by atoms with Crippen LogP contribution in [0.5, 0.6) is 0 Å². The van der Waals surface area contributed by atoms with E-state index in [-0.39, 0.29) is 18.5 Å². The lowest BCUT2D eigenvalue weighted by Gasteiger charge is -2.20. The van der Waals surface area contributed by atoms with E-state index < -0.39 is 12.1 Å². The maximum atomic E-state index is 12.6. The van der Waals surface area contributed by atoms with Crippen molar-refractivity contribution in [2.24, 2.45) is 0 Å². The number of aliphatic hydroxyl groups excluding tert-OH is 2. The Morgan fingerprint density at radius 1 is 0.290 bits per heavy atom. The third-order valence-electron chi connectivity index (χ3n) is 20.1. The van der Waals surface area contributed by atoms with Crippen LogP contribution in [0, 0.1) is 0 Å². The largest absolute Gasteiger partial charge is 0.466 e. The van der Waals surface area contributed by atoms with Gasteiger partial charge in [-0.3, -0.25) is 9.59 Å². The Labute approximate surface area is 583 Å². The van der Waals surface area contributed by atoms with E-state index in [1.807, 2.05) is 6.08 Å². The van der Waals surface area contributed by atoms with Crippen molar-refractivity contribution < 1.29 is 24.5 Å². The van der Waals surface area contributed by atoms with Crippen LogP contribution in [-0.2, 0) is 14.3 Å². The summed E-state index contributed by atoms with van der Waals surface area (Å²) in [6.45, 7) is 4.96. The van der Waals surface area contributed by atoms with E-state index in [4.69, 9.17) is 4.74 Å². The maximum Gasteiger partial charge on any atom is 0.305 e. The Balaban J connectivity index is 3.35. The number of carbonyl (C=O) groups is 2. The molecule has 0 aliphatic carbocycles. The predicted molar refractivity (Wildman–Crippen MR) is 412 cm³/mol. The third-order valence-corrected chi connectivity index (χ3v) is 20.1. The molecule has 0 saturated carbocycles. The Bertz CT molecular complexity index is 1510. The highest BCUT2D eigenvalue weighted by Crippen LogP contribution is 2.20. The summed E-state index contributed by atoms with van der Waals surface area (Å²) >= 11 is 0. The summed E-state index contributed by atoms with van der Waals surface area (Å²) in [4.78, 5) is 24.7. The quantitative estimate of drug-likeness (QED) is 0.0320. The second kappa shape index (κ2) is 82.5. The highest BCUT2D eigenvalue weighted by Gasteiger charge is 2.18. The second-order valence-corrected chi connectivity index (χ2v) is 29.5. The molecule has 0 aliphatic heterocycles. The van der Waals surface area contributed by atoms with E-state index in [1.54, 1.807) is 6.08 Å². The van der Waals surface area contributed by atoms with Gasteiger partial charge in [-0.05, 0) is 83.5 Å². The van der Waals surface area contributed by atoms with Crippen LogP contribution in [0.3, 0.4) is 0 Å². The number of rotatable bonds is 81. The molecular formula is C87H167NO5. The maximum absolute atomic E-state index is 12.6. The first kappa shape index (κ1) is 91.1. The van der Waals surface area contributed by atoms with E-state index in [9.17, 15) is 19.8 Å². The van der Waals surface area contributed by atoms with Gasteiger partial charge in [0.2, 0.25) is 5.91 Å². The molecule has 0 aliphatic rings. The zero-order valence-corrected chi connectivity index (χ0v) is 63.3. The number of carbonyl (C=O) groups excluding carboxylic acids is 2. The fourth-order valence-electron chi connectivity index (χ4n) is 13.6. The van der Waals surface area contributed by atoms with Crippen LogP contribution in [0.2, 0.25) is 0 Å². The summed E-state index contributed by atoms with van der Waals surface area (Å²) in [7, 11) is 0. The number of esters is 1. The molecule has 0 spiro atoms. The zero-order chi connectivity index (χ0) is 67.0. The number of hydrogen-bond acceptors (Lipinski definition) is 5. The minimum absolute atomic E-state index is 0.0193. The lowest BCUT2D eigenvalue weighted by atomic mass is 10.0. The number of aliphatic hydroxyl groups is 2. The summed E-state index contributed by atoms with van der Waals surface area (Å²) in [6.07, 6.45) is 109. The second-order valence-electron chi connectivity index (χ2n) is 29.5. The predicted octanol–water partition coefficient (Wildman–Crippen LogP) is 28.6.